The summed E-state index contributed by atoms with van der Waals surface area (Å²) in [7, 11) is -4.31. The standard InChI is InChI=1S/C7H12O4S.Na/c1-5(2)7(8)6(3)4-12(9,10)11;/h6H,1,4H2,2-3H3,(H,9,10,11);/q;+1/p-1. The molecule has 0 rings (SSSR count). The third kappa shape index (κ3) is 7.40. The first-order valence-corrected chi connectivity index (χ1v) is 4.95. The molecule has 13 heavy (non-hydrogen) atoms. The summed E-state index contributed by atoms with van der Waals surface area (Å²) >= 11 is 0. The summed E-state index contributed by atoms with van der Waals surface area (Å²) in [6.07, 6.45) is 0. The molecule has 0 N–H and O–H groups in total. The van der Waals surface area contributed by atoms with Gasteiger partial charge in [-0.25, -0.2) is 8.42 Å². The third-order valence-electron chi connectivity index (χ3n) is 1.32. The van der Waals surface area contributed by atoms with Crippen molar-refractivity contribution in [1.29, 1.82) is 0 Å². The molecule has 0 bridgehead atoms. The van der Waals surface area contributed by atoms with Crippen LogP contribution in [0.5, 0.6) is 0 Å². The molecule has 1 unspecified atom stereocenters. The molecule has 0 saturated carbocycles. The van der Waals surface area contributed by atoms with Crippen LogP contribution in [0, 0.1) is 5.92 Å². The van der Waals surface area contributed by atoms with E-state index in [0.29, 0.717) is 0 Å². The van der Waals surface area contributed by atoms with E-state index in [0.717, 1.165) is 0 Å². The number of carbonyl (C=O) groups excluding carboxylic acids is 1. The van der Waals surface area contributed by atoms with Gasteiger partial charge in [0.05, 0.1) is 10.1 Å². The second kappa shape index (κ2) is 5.93. The first kappa shape index (κ1) is 15.8. The normalized spacial score (nSPS) is 12.8. The van der Waals surface area contributed by atoms with Gasteiger partial charge < -0.3 is 4.55 Å². The van der Waals surface area contributed by atoms with Crippen LogP contribution in [0.25, 0.3) is 0 Å². The Balaban J connectivity index is 0. The Labute approximate surface area is 100 Å². The van der Waals surface area contributed by atoms with Crippen LogP contribution in [0.1, 0.15) is 13.8 Å². The summed E-state index contributed by atoms with van der Waals surface area (Å²) in [4.78, 5) is 11.0. The number of ketones is 1. The van der Waals surface area contributed by atoms with Gasteiger partial charge in [-0.1, -0.05) is 13.5 Å². The first-order valence-electron chi connectivity index (χ1n) is 3.37. The predicted octanol–water partition coefficient (Wildman–Crippen LogP) is -2.68. The molecule has 0 aliphatic carbocycles. The van der Waals surface area contributed by atoms with Crippen molar-refractivity contribution >= 4 is 15.9 Å². The van der Waals surface area contributed by atoms with Crippen LogP contribution in [0.15, 0.2) is 12.2 Å². The molecule has 0 radical (unpaired) electrons. The van der Waals surface area contributed by atoms with Crippen molar-refractivity contribution in [2.75, 3.05) is 5.75 Å². The van der Waals surface area contributed by atoms with Crippen molar-refractivity contribution in [3.8, 4) is 0 Å². The maximum absolute atomic E-state index is 11.0. The minimum Gasteiger partial charge on any atom is -0.748 e. The van der Waals surface area contributed by atoms with E-state index in [4.69, 9.17) is 0 Å². The maximum atomic E-state index is 11.0. The van der Waals surface area contributed by atoms with E-state index >= 15 is 0 Å². The van der Waals surface area contributed by atoms with Crippen LogP contribution >= 0.6 is 0 Å². The molecule has 4 nitrogen and oxygen atoms in total. The van der Waals surface area contributed by atoms with Gasteiger partial charge in [0.1, 0.15) is 0 Å². The molecule has 0 aromatic rings. The van der Waals surface area contributed by atoms with Crippen molar-refractivity contribution < 1.29 is 47.3 Å². The van der Waals surface area contributed by atoms with Gasteiger partial charge in [0, 0.05) is 11.7 Å². The topological polar surface area (TPSA) is 74.3 Å². The van der Waals surface area contributed by atoms with Gasteiger partial charge in [0.15, 0.2) is 5.78 Å². The average molecular weight is 214 g/mol. The molecule has 0 fully saturated rings. The van der Waals surface area contributed by atoms with Crippen LogP contribution in [-0.4, -0.2) is 24.5 Å². The van der Waals surface area contributed by atoms with Crippen LogP contribution < -0.4 is 29.6 Å². The molecule has 0 aliphatic heterocycles. The van der Waals surface area contributed by atoms with Gasteiger partial charge in [-0.05, 0) is 12.5 Å². The molecular formula is C7H11NaO4S. The SMILES string of the molecule is C=C(C)C(=O)C(C)CS(=O)(=O)[O-].[Na+]. The Morgan fingerprint density at radius 3 is 2.15 bits per heavy atom. The largest absolute Gasteiger partial charge is 1.00 e. The Kier molecular flexibility index (Phi) is 7.19. The zero-order valence-corrected chi connectivity index (χ0v) is 10.8. The number of rotatable bonds is 4. The van der Waals surface area contributed by atoms with E-state index in [1.807, 2.05) is 0 Å². The molecule has 70 valence electrons. The average Bonchev–Trinajstić information content (AvgIpc) is 1.82. The Bertz CT molecular complexity index is 294. The van der Waals surface area contributed by atoms with E-state index in [9.17, 15) is 17.8 Å². The van der Waals surface area contributed by atoms with Gasteiger partial charge in [0.25, 0.3) is 0 Å². The number of allylic oxidation sites excluding steroid dienone is 1. The predicted molar refractivity (Wildman–Crippen MR) is 43.5 cm³/mol. The smallest absolute Gasteiger partial charge is 0.748 e. The van der Waals surface area contributed by atoms with Crippen LogP contribution in [-0.2, 0) is 14.9 Å². The van der Waals surface area contributed by atoms with Gasteiger partial charge >= 0.3 is 29.6 Å². The first-order chi connectivity index (χ1) is 5.24. The Morgan fingerprint density at radius 2 is 1.92 bits per heavy atom. The van der Waals surface area contributed by atoms with E-state index in [2.05, 4.69) is 6.58 Å². The third-order valence-corrected chi connectivity index (χ3v) is 2.23. The van der Waals surface area contributed by atoms with Crippen LogP contribution in [0.3, 0.4) is 0 Å². The van der Waals surface area contributed by atoms with Gasteiger partial charge in [-0.2, -0.15) is 0 Å². The van der Waals surface area contributed by atoms with E-state index in [1.54, 1.807) is 0 Å². The summed E-state index contributed by atoms with van der Waals surface area (Å²) in [5.74, 6) is -1.82. The molecule has 0 aromatic heterocycles. The molecule has 0 heterocycles. The number of Topliss-reactive ketones (excluding diaryl/α,β-unsaturated/α-hetero) is 1. The summed E-state index contributed by atoms with van der Waals surface area (Å²) in [6.45, 7) is 6.24. The van der Waals surface area contributed by atoms with E-state index < -0.39 is 21.8 Å². The van der Waals surface area contributed by atoms with Crippen LogP contribution in [0.2, 0.25) is 0 Å². The van der Waals surface area contributed by atoms with Crippen molar-refractivity contribution in [2.45, 2.75) is 13.8 Å². The van der Waals surface area contributed by atoms with Gasteiger partial charge in [-0.3, -0.25) is 4.79 Å². The summed E-state index contributed by atoms with van der Waals surface area (Å²) in [5, 5.41) is 0. The van der Waals surface area contributed by atoms with Crippen molar-refractivity contribution in [3.05, 3.63) is 12.2 Å². The summed E-state index contributed by atoms with van der Waals surface area (Å²) < 4.78 is 30.7. The van der Waals surface area contributed by atoms with Crippen molar-refractivity contribution in [3.63, 3.8) is 0 Å². The van der Waals surface area contributed by atoms with Crippen LogP contribution in [0.4, 0.5) is 0 Å². The molecule has 1 atom stereocenters. The van der Waals surface area contributed by atoms with Crippen molar-refractivity contribution in [2.24, 2.45) is 5.92 Å². The molecule has 0 aromatic carbocycles. The molecule has 6 heteroatoms. The number of hydrogen-bond acceptors (Lipinski definition) is 4. The minimum atomic E-state index is -4.31. The van der Waals surface area contributed by atoms with Crippen molar-refractivity contribution in [1.82, 2.24) is 0 Å². The fraction of sp³-hybridized carbons (Fsp3) is 0.571. The van der Waals surface area contributed by atoms with E-state index in [-0.39, 0.29) is 40.9 Å². The monoisotopic (exact) mass is 214 g/mol. The Hall–Kier alpha value is 0.320. The molecular weight excluding hydrogens is 203 g/mol. The minimum absolute atomic E-state index is 0. The number of carbonyl (C=O) groups is 1. The maximum Gasteiger partial charge on any atom is 1.00 e. The van der Waals surface area contributed by atoms with E-state index in [1.165, 1.54) is 13.8 Å². The number of hydrogen-bond donors (Lipinski definition) is 0. The summed E-state index contributed by atoms with van der Waals surface area (Å²) in [5.41, 5.74) is 0.270. The molecule has 0 amide bonds. The second-order valence-electron chi connectivity index (χ2n) is 2.77. The quantitative estimate of drug-likeness (QED) is 0.290. The molecule has 0 aliphatic rings. The van der Waals surface area contributed by atoms with Gasteiger partial charge in [-0.15, -0.1) is 0 Å². The Morgan fingerprint density at radius 1 is 1.54 bits per heavy atom. The molecule has 0 spiro atoms. The fourth-order valence-corrected chi connectivity index (χ4v) is 1.57. The summed E-state index contributed by atoms with van der Waals surface area (Å²) in [6, 6.07) is 0. The zero-order chi connectivity index (χ0) is 9.94. The zero-order valence-electron chi connectivity index (χ0n) is 8.03. The van der Waals surface area contributed by atoms with Gasteiger partial charge in [0.2, 0.25) is 0 Å². The second-order valence-corrected chi connectivity index (χ2v) is 4.22. The molecule has 0 saturated heterocycles. The fourth-order valence-electron chi connectivity index (χ4n) is 0.803.